The van der Waals surface area contributed by atoms with Crippen LogP contribution in [0.25, 0.3) is 33.4 Å². The highest BCUT2D eigenvalue weighted by Crippen LogP contribution is 2.34. The molecular formula is C79H82BrN3O12. The monoisotopic (exact) mass is 1340 g/mol. The van der Waals surface area contributed by atoms with Gasteiger partial charge >= 0.3 is 17.9 Å². The van der Waals surface area contributed by atoms with Crippen LogP contribution in [0.1, 0.15) is 155 Å². The van der Waals surface area contributed by atoms with E-state index in [2.05, 4.69) is 31.9 Å². The van der Waals surface area contributed by atoms with Crippen molar-refractivity contribution in [3.05, 3.63) is 250 Å². The first-order chi connectivity index (χ1) is 45.0. The second-order valence-electron chi connectivity index (χ2n) is 25.1. The lowest BCUT2D eigenvalue weighted by atomic mass is 10.0. The number of ether oxygens (including phenoxy) is 5. The normalized spacial score (nSPS) is 11.1. The van der Waals surface area contributed by atoms with E-state index >= 15 is 0 Å². The van der Waals surface area contributed by atoms with E-state index in [1.165, 1.54) is 6.07 Å². The van der Waals surface area contributed by atoms with E-state index in [1.54, 1.807) is 93.6 Å². The number of benzene rings is 9. The highest BCUT2D eigenvalue weighted by Gasteiger charge is 2.27. The highest BCUT2D eigenvalue weighted by molar-refractivity contribution is 9.08. The first-order valence-electron chi connectivity index (χ1n) is 31.1. The molecule has 0 aliphatic rings. The Morgan fingerprint density at radius 1 is 0.368 bits per heavy atom. The summed E-state index contributed by atoms with van der Waals surface area (Å²) in [6.07, 6.45) is 0. The third-order valence-electron chi connectivity index (χ3n) is 13.8. The van der Waals surface area contributed by atoms with Gasteiger partial charge in [0.2, 0.25) is 0 Å². The van der Waals surface area contributed by atoms with E-state index in [4.69, 9.17) is 23.7 Å². The Labute approximate surface area is 565 Å². The summed E-state index contributed by atoms with van der Waals surface area (Å²) in [6, 6.07) is 60.7. The molecule has 9 rings (SSSR count). The number of carbonyl (C=O) groups is 6. The Kier molecular flexibility index (Phi) is 24.7. The van der Waals surface area contributed by atoms with Gasteiger partial charge in [0, 0.05) is 5.33 Å². The molecule has 15 nitrogen and oxygen atoms in total. The average molecular weight is 1350 g/mol. The van der Waals surface area contributed by atoms with Crippen LogP contribution in [0.5, 0.6) is 17.2 Å². The molecule has 492 valence electrons. The quantitative estimate of drug-likeness (QED) is 0.0382. The van der Waals surface area contributed by atoms with Crippen molar-refractivity contribution >= 4 is 68.6 Å². The minimum atomic E-state index is -0.675. The van der Waals surface area contributed by atoms with Crippen LogP contribution in [-0.2, 0) is 19.5 Å². The van der Waals surface area contributed by atoms with Gasteiger partial charge < -0.3 is 44.7 Å². The average Bonchev–Trinajstić information content (AvgIpc) is 0.827. The maximum Gasteiger partial charge on any atom is 0.340 e. The summed E-state index contributed by atoms with van der Waals surface area (Å²) in [5.74, 6) is -1.92. The van der Waals surface area contributed by atoms with Crippen LogP contribution in [-0.4, -0.2) is 70.8 Å². The first kappa shape index (κ1) is 72.1. The molecule has 0 aliphatic carbocycles. The zero-order valence-corrected chi connectivity index (χ0v) is 57.6. The van der Waals surface area contributed by atoms with E-state index in [1.807, 2.05) is 191 Å². The molecule has 0 fully saturated rings. The summed E-state index contributed by atoms with van der Waals surface area (Å²) in [5, 5.41) is 19.3. The fourth-order valence-corrected chi connectivity index (χ4v) is 9.88. The molecule has 0 aliphatic heterocycles. The van der Waals surface area contributed by atoms with Gasteiger partial charge in [-0.15, -0.1) is 0 Å². The van der Waals surface area contributed by atoms with Crippen LogP contribution in [0, 0.1) is 13.8 Å². The summed E-state index contributed by atoms with van der Waals surface area (Å²) < 4.78 is 27.9. The van der Waals surface area contributed by atoms with Gasteiger partial charge in [0.05, 0.1) is 63.7 Å². The van der Waals surface area contributed by atoms with E-state index in [9.17, 15) is 33.9 Å². The summed E-state index contributed by atoms with van der Waals surface area (Å²) in [4.78, 5) is 78.0. The summed E-state index contributed by atoms with van der Waals surface area (Å²) in [7, 11) is 0. The van der Waals surface area contributed by atoms with Crippen molar-refractivity contribution in [3.8, 4) is 50.6 Å². The van der Waals surface area contributed by atoms with Crippen molar-refractivity contribution in [3.63, 3.8) is 0 Å². The summed E-state index contributed by atoms with van der Waals surface area (Å²) >= 11 is 3.43. The maximum atomic E-state index is 13.3. The predicted molar refractivity (Wildman–Crippen MR) is 380 cm³/mol. The number of halogens is 1. The summed E-state index contributed by atoms with van der Waals surface area (Å²) in [6.45, 7) is 24.5. The number of esters is 3. The predicted octanol–water partition coefficient (Wildman–Crippen LogP) is 18.7. The third kappa shape index (κ3) is 21.1. The lowest BCUT2D eigenvalue weighted by Crippen LogP contribution is -2.25. The van der Waals surface area contributed by atoms with Gasteiger partial charge in [-0.1, -0.05) is 154 Å². The van der Waals surface area contributed by atoms with Gasteiger partial charge in [0.1, 0.15) is 34.1 Å². The zero-order valence-electron chi connectivity index (χ0n) is 56.0. The van der Waals surface area contributed by atoms with Crippen LogP contribution in [0.3, 0.4) is 0 Å². The molecule has 3 amide bonds. The lowest BCUT2D eigenvalue weighted by Gasteiger charge is -2.21. The van der Waals surface area contributed by atoms with Crippen LogP contribution in [0.4, 0.5) is 17.1 Å². The Balaban J connectivity index is 0.000000202. The Bertz CT molecular complexity index is 4190. The summed E-state index contributed by atoms with van der Waals surface area (Å²) in [5.41, 5.74) is 9.03. The van der Waals surface area contributed by atoms with Gasteiger partial charge in [-0.3, -0.25) is 14.4 Å². The molecular weight excluding hydrogens is 1260 g/mol. The fourth-order valence-electron chi connectivity index (χ4n) is 9.53. The number of aromatic hydroxyl groups is 1. The Morgan fingerprint density at radius 2 is 0.684 bits per heavy atom. The highest BCUT2D eigenvalue weighted by atomic mass is 79.9. The smallest absolute Gasteiger partial charge is 0.340 e. The number of aryl methyl sites for hydroxylation is 2. The fraction of sp³-hybridized carbons (Fsp3) is 0.241. The van der Waals surface area contributed by atoms with Crippen LogP contribution in [0.2, 0.25) is 0 Å². The number of anilines is 3. The minimum absolute atomic E-state index is 0.129. The van der Waals surface area contributed by atoms with Gasteiger partial charge in [-0.25, -0.2) is 14.4 Å². The molecule has 0 heterocycles. The molecule has 0 saturated carbocycles. The number of phenolic OH excluding ortho intramolecular Hbond substituents is 1. The topological polar surface area (TPSA) is 205 Å². The number of amides is 3. The number of phenols is 1. The van der Waals surface area contributed by atoms with Crippen LogP contribution in [0.15, 0.2) is 200 Å². The molecule has 16 heteroatoms. The minimum Gasteiger partial charge on any atom is -0.507 e. The number of nitrogens with one attached hydrogen (secondary N) is 3. The van der Waals surface area contributed by atoms with Crippen molar-refractivity contribution in [2.24, 2.45) is 0 Å². The van der Waals surface area contributed by atoms with Crippen LogP contribution >= 0.6 is 15.9 Å². The van der Waals surface area contributed by atoms with E-state index in [0.717, 1.165) is 50.1 Å². The SMILES string of the molecule is CCOc1ccc(C)cc1C(=O)Nc1cc(-c2ccccc2)ccc1C(=O)OC(C)(C)C.CCOc1ccc(CBr)cc1C(=O)Nc1cc(-c2ccccc2)ccc1C(=O)OC(C)(C)C.Cc1ccc(O)c(C(=O)Nc2cc(-c3ccccc3)ccc2C(=O)OC(C)(C)C)c1. The van der Waals surface area contributed by atoms with Gasteiger partial charge in [-0.2, -0.15) is 0 Å². The van der Waals surface area contributed by atoms with Gasteiger partial charge in [0.25, 0.3) is 17.7 Å². The molecule has 9 aromatic rings. The van der Waals surface area contributed by atoms with Crippen molar-refractivity contribution in [2.45, 2.75) is 112 Å². The number of rotatable bonds is 17. The largest absolute Gasteiger partial charge is 0.507 e. The molecule has 0 spiro atoms. The van der Waals surface area contributed by atoms with Gasteiger partial charge in [0.15, 0.2) is 0 Å². The Morgan fingerprint density at radius 3 is 1.02 bits per heavy atom. The lowest BCUT2D eigenvalue weighted by molar-refractivity contribution is 0.00580. The number of hydrogen-bond acceptors (Lipinski definition) is 12. The van der Waals surface area contributed by atoms with E-state index in [0.29, 0.717) is 63.8 Å². The van der Waals surface area contributed by atoms with Crippen molar-refractivity contribution in [1.29, 1.82) is 0 Å². The molecule has 0 unspecified atom stereocenters. The number of carbonyl (C=O) groups excluding carboxylic acids is 6. The molecule has 0 radical (unpaired) electrons. The van der Waals surface area contributed by atoms with E-state index in [-0.39, 0.29) is 34.3 Å². The Hall–Kier alpha value is -10.3. The molecule has 0 atom stereocenters. The van der Waals surface area contributed by atoms with Crippen molar-refractivity contribution < 1.29 is 57.6 Å². The second kappa shape index (κ2) is 32.5. The van der Waals surface area contributed by atoms with Gasteiger partial charge in [-0.05, 0) is 202 Å². The maximum absolute atomic E-state index is 13.3. The van der Waals surface area contributed by atoms with E-state index < -0.39 is 40.6 Å². The molecule has 4 N–H and O–H groups in total. The first-order valence-corrected chi connectivity index (χ1v) is 32.2. The molecule has 0 saturated heterocycles. The molecule has 0 aromatic heterocycles. The molecule has 0 bridgehead atoms. The van der Waals surface area contributed by atoms with Crippen molar-refractivity contribution in [2.75, 3.05) is 29.2 Å². The number of hydrogen-bond donors (Lipinski definition) is 4. The second-order valence-corrected chi connectivity index (χ2v) is 25.7. The van der Waals surface area contributed by atoms with Crippen molar-refractivity contribution in [1.82, 2.24) is 0 Å². The molecule has 95 heavy (non-hydrogen) atoms. The number of alkyl halides is 1. The third-order valence-corrected chi connectivity index (χ3v) is 14.4. The standard InChI is InChI=1S/C27H28BrNO4.C27H29NO4.C25H25NO4/c1-5-32-24-14-11-18(17-28)15-22(24)25(30)29-23-16-20(19-9-7-6-8-10-19)12-13-21(23)26(31)33-27(2,3)4;1-6-31-24-15-12-18(2)16-22(24)25(29)28-23-17-20(19-10-8-7-9-11-19)13-14-21(23)26(30)32-27(3,4)5;1-16-10-13-22(27)20(14-16)23(28)26-21-15-18(17-8-6-5-7-9-17)11-12-19(21)24(29)30-25(2,3)4/h6-16H,5,17H2,1-4H3,(H,29,30);7-17H,6H2,1-5H3,(H,28,29);5-15,27H,1-4H3,(H,26,28). The van der Waals surface area contributed by atoms with Crippen LogP contribution < -0.4 is 25.4 Å². The molecule has 9 aromatic carbocycles. The zero-order chi connectivity index (χ0) is 69.2.